The second kappa shape index (κ2) is 7.56. The first-order chi connectivity index (χ1) is 10.6. The largest absolute Gasteiger partial charge is 0.361 e. The third-order valence-corrected chi connectivity index (χ3v) is 6.29. The summed E-state index contributed by atoms with van der Waals surface area (Å²) in [6.45, 7) is 15.3. The van der Waals surface area contributed by atoms with Crippen LogP contribution >= 0.6 is 0 Å². The Morgan fingerprint density at radius 2 is 1.35 bits per heavy atom. The summed E-state index contributed by atoms with van der Waals surface area (Å²) in [5.41, 5.74) is -2.10. The van der Waals surface area contributed by atoms with Crippen molar-refractivity contribution in [2.75, 3.05) is 0 Å². The highest BCUT2D eigenvalue weighted by Crippen LogP contribution is 2.10. The van der Waals surface area contributed by atoms with Gasteiger partial charge in [-0.2, -0.15) is 0 Å². The topological polar surface area (TPSA) is 75.2 Å². The first-order valence-corrected chi connectivity index (χ1v) is 11.0. The molecule has 1 heterocycles. The molecule has 0 aliphatic rings. The molecule has 1 aromatic heterocycles. The number of rotatable bonds is 8. The van der Waals surface area contributed by atoms with Crippen molar-refractivity contribution < 1.29 is 4.74 Å². The van der Waals surface area contributed by atoms with Gasteiger partial charge in [0.25, 0.3) is 0 Å². The molecule has 0 bridgehead atoms. The Labute approximate surface area is 136 Å². The molecule has 8 heteroatoms. The Balaban J connectivity index is 3.39. The number of nitrogens with zero attached hydrogens (tertiary/aromatic N) is 3. The van der Waals surface area contributed by atoms with Crippen LogP contribution in [0.5, 0.6) is 0 Å². The standard InChI is InChI=1S/C15H25N3O4Si/c1-7-9-16-13(19)17(10-8-2)15(21)18(14(16)20)11-22-12(3)23(4,5)6/h7-8,12H,1-2,9-11H2,3-6H3. The number of ether oxygens (including phenoxy) is 1. The van der Waals surface area contributed by atoms with Gasteiger partial charge < -0.3 is 4.74 Å². The van der Waals surface area contributed by atoms with Crippen LogP contribution in [0.4, 0.5) is 0 Å². The van der Waals surface area contributed by atoms with Crippen molar-refractivity contribution in [3.8, 4) is 0 Å². The maximum absolute atomic E-state index is 12.4. The SMILES string of the molecule is C=CCn1c(=O)n(CC=C)c(=O)n(COC(C)[Si](C)(C)C)c1=O. The molecule has 0 N–H and O–H groups in total. The van der Waals surface area contributed by atoms with E-state index in [2.05, 4.69) is 32.8 Å². The summed E-state index contributed by atoms with van der Waals surface area (Å²) < 4.78 is 8.56. The van der Waals surface area contributed by atoms with E-state index >= 15 is 0 Å². The van der Waals surface area contributed by atoms with Gasteiger partial charge in [-0.15, -0.1) is 13.2 Å². The van der Waals surface area contributed by atoms with Crippen LogP contribution in [0, 0.1) is 0 Å². The zero-order chi connectivity index (χ0) is 17.8. The van der Waals surface area contributed by atoms with Crippen LogP contribution in [0.3, 0.4) is 0 Å². The van der Waals surface area contributed by atoms with Crippen LogP contribution in [-0.2, 0) is 24.6 Å². The molecule has 1 aromatic rings. The highest BCUT2D eigenvalue weighted by Gasteiger charge is 2.24. The van der Waals surface area contributed by atoms with Crippen LogP contribution in [0.2, 0.25) is 19.6 Å². The van der Waals surface area contributed by atoms with Gasteiger partial charge in [0.05, 0.1) is 21.2 Å². The van der Waals surface area contributed by atoms with Gasteiger partial charge in [-0.3, -0.25) is 0 Å². The summed E-state index contributed by atoms with van der Waals surface area (Å²) in [5.74, 6) is 0. The fourth-order valence-corrected chi connectivity index (χ4v) is 2.37. The minimum absolute atomic E-state index is 0.0265. The van der Waals surface area contributed by atoms with E-state index in [0.717, 1.165) is 13.7 Å². The number of allylic oxidation sites excluding steroid dienone is 2. The van der Waals surface area contributed by atoms with Crippen molar-refractivity contribution in [1.29, 1.82) is 0 Å². The molecule has 1 rings (SSSR count). The quantitative estimate of drug-likeness (QED) is 0.518. The van der Waals surface area contributed by atoms with Crippen molar-refractivity contribution in [2.45, 2.75) is 52.1 Å². The minimum atomic E-state index is -1.57. The highest BCUT2D eigenvalue weighted by atomic mass is 28.3. The molecule has 0 radical (unpaired) electrons. The monoisotopic (exact) mass is 339 g/mol. The van der Waals surface area contributed by atoms with E-state index < -0.39 is 25.1 Å². The van der Waals surface area contributed by atoms with Crippen LogP contribution < -0.4 is 17.1 Å². The van der Waals surface area contributed by atoms with Gasteiger partial charge in [0.1, 0.15) is 6.73 Å². The summed E-state index contributed by atoms with van der Waals surface area (Å²) >= 11 is 0. The molecule has 0 saturated carbocycles. The Kier molecular flexibility index (Phi) is 6.28. The van der Waals surface area contributed by atoms with E-state index in [4.69, 9.17) is 4.74 Å². The van der Waals surface area contributed by atoms with Crippen molar-refractivity contribution in [1.82, 2.24) is 13.7 Å². The molecule has 7 nitrogen and oxygen atoms in total. The maximum atomic E-state index is 12.4. The molecule has 23 heavy (non-hydrogen) atoms. The van der Waals surface area contributed by atoms with Gasteiger partial charge in [0.15, 0.2) is 0 Å². The molecule has 0 spiro atoms. The van der Waals surface area contributed by atoms with Gasteiger partial charge in [-0.1, -0.05) is 31.8 Å². The van der Waals surface area contributed by atoms with E-state index in [1.807, 2.05) is 6.92 Å². The Morgan fingerprint density at radius 3 is 1.70 bits per heavy atom. The molecule has 0 fully saturated rings. The minimum Gasteiger partial charge on any atom is -0.361 e. The second-order valence-corrected chi connectivity index (χ2v) is 11.9. The predicted molar refractivity (Wildman–Crippen MR) is 93.5 cm³/mol. The lowest BCUT2D eigenvalue weighted by atomic mass is 10.5. The maximum Gasteiger partial charge on any atom is 0.338 e. The van der Waals surface area contributed by atoms with Crippen LogP contribution in [0.1, 0.15) is 6.92 Å². The number of hydrogen-bond donors (Lipinski definition) is 0. The molecular weight excluding hydrogens is 314 g/mol. The molecule has 0 saturated heterocycles. The van der Waals surface area contributed by atoms with E-state index in [1.165, 1.54) is 12.2 Å². The lowest BCUT2D eigenvalue weighted by Crippen LogP contribution is -2.55. The first kappa shape index (κ1) is 19.1. The van der Waals surface area contributed by atoms with E-state index in [9.17, 15) is 14.4 Å². The van der Waals surface area contributed by atoms with Crippen LogP contribution in [-0.4, -0.2) is 27.5 Å². The van der Waals surface area contributed by atoms with Crippen molar-refractivity contribution in [2.24, 2.45) is 0 Å². The summed E-state index contributed by atoms with van der Waals surface area (Å²) in [6, 6.07) is 0. The molecule has 128 valence electrons. The molecular formula is C15H25N3O4Si. The van der Waals surface area contributed by atoms with Gasteiger partial charge >= 0.3 is 17.1 Å². The smallest absolute Gasteiger partial charge is 0.338 e. The highest BCUT2D eigenvalue weighted by molar-refractivity contribution is 6.77. The van der Waals surface area contributed by atoms with E-state index in [1.54, 1.807) is 0 Å². The molecule has 1 atom stereocenters. The van der Waals surface area contributed by atoms with Gasteiger partial charge in [0.2, 0.25) is 0 Å². The Bertz CT molecular complexity index is 704. The molecule has 0 amide bonds. The average molecular weight is 339 g/mol. The normalized spacial score (nSPS) is 12.9. The average Bonchev–Trinajstić information content (AvgIpc) is 2.46. The molecule has 0 aromatic carbocycles. The summed E-state index contributed by atoms with van der Waals surface area (Å²) in [5, 5.41) is 0. The van der Waals surface area contributed by atoms with Gasteiger partial charge in [0, 0.05) is 5.73 Å². The van der Waals surface area contributed by atoms with Crippen LogP contribution in [0.15, 0.2) is 39.7 Å². The molecule has 1 unspecified atom stereocenters. The third-order valence-electron chi connectivity index (χ3n) is 3.68. The van der Waals surface area contributed by atoms with Gasteiger partial charge in [-0.25, -0.2) is 28.1 Å². The zero-order valence-electron chi connectivity index (χ0n) is 14.2. The summed E-state index contributed by atoms with van der Waals surface area (Å²) in [7, 11) is -1.57. The fourth-order valence-electron chi connectivity index (χ4n) is 1.80. The van der Waals surface area contributed by atoms with Crippen molar-refractivity contribution in [3.05, 3.63) is 56.8 Å². The first-order valence-electron chi connectivity index (χ1n) is 7.43. The number of aromatic nitrogens is 3. The summed E-state index contributed by atoms with van der Waals surface area (Å²) in [4.78, 5) is 37.0. The van der Waals surface area contributed by atoms with Crippen molar-refractivity contribution >= 4 is 8.07 Å². The Hall–Kier alpha value is -1.93. The Morgan fingerprint density at radius 1 is 0.957 bits per heavy atom. The van der Waals surface area contributed by atoms with E-state index in [-0.39, 0.29) is 25.5 Å². The lowest BCUT2D eigenvalue weighted by molar-refractivity contribution is 0.0484. The van der Waals surface area contributed by atoms with E-state index in [0.29, 0.717) is 0 Å². The molecule has 0 aliphatic heterocycles. The fraction of sp³-hybridized carbons (Fsp3) is 0.533. The predicted octanol–water partition coefficient (Wildman–Crippen LogP) is 0.784. The second-order valence-electron chi connectivity index (χ2n) is 6.38. The number of hydrogen-bond acceptors (Lipinski definition) is 4. The summed E-state index contributed by atoms with van der Waals surface area (Å²) in [6.07, 6.45) is 2.86. The zero-order valence-corrected chi connectivity index (χ0v) is 15.2. The third kappa shape index (κ3) is 4.29. The van der Waals surface area contributed by atoms with Crippen molar-refractivity contribution in [3.63, 3.8) is 0 Å². The molecule has 0 aliphatic carbocycles. The van der Waals surface area contributed by atoms with Crippen LogP contribution in [0.25, 0.3) is 0 Å². The van der Waals surface area contributed by atoms with Gasteiger partial charge in [-0.05, 0) is 6.92 Å². The lowest BCUT2D eigenvalue weighted by Gasteiger charge is -2.25.